The first-order valence-corrected chi connectivity index (χ1v) is 15.2. The summed E-state index contributed by atoms with van der Waals surface area (Å²) in [4.78, 5) is 14.6. The van der Waals surface area contributed by atoms with E-state index in [0.29, 0.717) is 45.6 Å². The maximum absolute atomic E-state index is 16.4. The maximum atomic E-state index is 16.4. The summed E-state index contributed by atoms with van der Waals surface area (Å²) in [5, 5.41) is 6.14. The monoisotopic (exact) mass is 611 g/mol. The molecule has 220 valence electrons. The van der Waals surface area contributed by atoms with Crippen LogP contribution in [0, 0.1) is 0 Å². The van der Waals surface area contributed by atoms with Crippen LogP contribution in [0.4, 0.5) is 10.1 Å². The van der Waals surface area contributed by atoms with E-state index < -0.39 is 5.67 Å². The first-order valence-electron chi connectivity index (χ1n) is 14.4. The van der Waals surface area contributed by atoms with E-state index in [0.717, 1.165) is 53.6 Å². The molecule has 0 amide bonds. The summed E-state index contributed by atoms with van der Waals surface area (Å²) in [5.41, 5.74) is 3.10. The Bertz CT molecular complexity index is 1650. The number of hydrogen-bond donors (Lipinski definition) is 0. The summed E-state index contributed by atoms with van der Waals surface area (Å²) in [7, 11) is 3.31. The van der Waals surface area contributed by atoms with E-state index in [1.54, 1.807) is 24.4 Å². The van der Waals surface area contributed by atoms with Gasteiger partial charge in [-0.25, -0.2) is 9.18 Å². The van der Waals surface area contributed by atoms with Crippen LogP contribution in [-0.4, -0.2) is 47.2 Å². The molecule has 2 aromatic heterocycles. The van der Waals surface area contributed by atoms with Crippen LogP contribution in [0.15, 0.2) is 47.1 Å². The van der Waals surface area contributed by atoms with Crippen molar-refractivity contribution in [2.45, 2.75) is 68.8 Å². The molecule has 2 saturated heterocycles. The van der Waals surface area contributed by atoms with Crippen LogP contribution in [0.3, 0.4) is 0 Å². The zero-order chi connectivity index (χ0) is 29.2. The third kappa shape index (κ3) is 4.77. The summed E-state index contributed by atoms with van der Waals surface area (Å²) in [6.07, 6.45) is 6.51. The Morgan fingerprint density at radius 1 is 1.12 bits per heavy atom. The molecule has 0 N–H and O–H groups in total. The van der Waals surface area contributed by atoms with Crippen molar-refractivity contribution in [3.63, 3.8) is 0 Å². The van der Waals surface area contributed by atoms with Gasteiger partial charge in [-0.05, 0) is 56.0 Å². The first-order chi connectivity index (χ1) is 20.3. The van der Waals surface area contributed by atoms with Gasteiger partial charge in [0.05, 0.1) is 41.4 Å². The zero-order valence-corrected chi connectivity index (χ0v) is 25.1. The molecule has 7 rings (SSSR count). The summed E-state index contributed by atoms with van der Waals surface area (Å²) in [6, 6.07) is 11.6. The lowest BCUT2D eigenvalue weighted by Crippen LogP contribution is -2.51. The quantitative estimate of drug-likeness (QED) is 0.189. The Balaban J connectivity index is 1.08. The number of alkyl halides is 1. The summed E-state index contributed by atoms with van der Waals surface area (Å²) < 4.78 is 35.2. The van der Waals surface area contributed by atoms with Gasteiger partial charge in [-0.3, -0.25) is 0 Å². The average Bonchev–Trinajstić information content (AvgIpc) is 3.56. The van der Waals surface area contributed by atoms with Crippen LogP contribution in [-0.2, 0) is 23.1 Å². The number of carbonyl (C=O) groups is 1. The summed E-state index contributed by atoms with van der Waals surface area (Å²) in [6.45, 7) is 0.182. The van der Waals surface area contributed by atoms with Crippen molar-refractivity contribution in [2.24, 2.45) is 7.05 Å². The fraction of sp³-hybridized carbons (Fsp3) is 0.438. The molecule has 0 spiro atoms. The SMILES string of the molecule is COC(=O)c1cn(C)c2cc(N3C4CCC3CC(F)(COCc3c(-c5c(Cl)cccc5Cl)noc3C3CC3)C4)ccc12. The minimum absolute atomic E-state index is 0.00183. The number of ether oxygens (including phenoxy) is 2. The van der Waals surface area contributed by atoms with E-state index in [2.05, 4.69) is 16.1 Å². The molecular weight excluding hydrogens is 580 g/mol. The Morgan fingerprint density at radius 2 is 1.83 bits per heavy atom. The molecule has 2 unspecified atom stereocenters. The number of nitrogens with zero attached hydrogens (tertiary/aromatic N) is 3. The van der Waals surface area contributed by atoms with Crippen LogP contribution >= 0.6 is 23.2 Å². The number of hydrogen-bond acceptors (Lipinski definition) is 6. The summed E-state index contributed by atoms with van der Waals surface area (Å²) >= 11 is 13.0. The van der Waals surface area contributed by atoms with Gasteiger partial charge in [0.2, 0.25) is 0 Å². The molecular formula is C32H32Cl2FN3O4. The molecule has 0 radical (unpaired) electrons. The second-order valence-electron chi connectivity index (χ2n) is 11.9. The number of piperidine rings is 1. The maximum Gasteiger partial charge on any atom is 0.340 e. The van der Waals surface area contributed by atoms with Crippen molar-refractivity contribution in [1.82, 2.24) is 9.72 Å². The van der Waals surface area contributed by atoms with Gasteiger partial charge >= 0.3 is 5.97 Å². The highest BCUT2D eigenvalue weighted by atomic mass is 35.5. The van der Waals surface area contributed by atoms with Crippen LogP contribution in [0.1, 0.15) is 66.1 Å². The number of carbonyl (C=O) groups excluding carboxylic acids is 1. The Morgan fingerprint density at radius 3 is 2.50 bits per heavy atom. The molecule has 10 heteroatoms. The first kappa shape index (κ1) is 27.7. The standard InChI is InChI=1S/C32H32Cl2FN3O4/c1-37-15-23(31(39)40-2)22-11-10-19(12-27(22)37)38-20-8-9-21(38)14-32(35,13-20)17-41-16-24-29(36-42-30(24)18-6-7-18)28-25(33)4-3-5-26(28)34/h3-5,10-12,15,18,20-21H,6-9,13-14,16-17H2,1-2H3. The number of methoxy groups -OCH3 is 1. The molecule has 2 aliphatic heterocycles. The molecule has 4 heterocycles. The second kappa shape index (κ2) is 10.6. The predicted molar refractivity (Wildman–Crippen MR) is 160 cm³/mol. The number of rotatable bonds is 8. The molecule has 1 aliphatic carbocycles. The summed E-state index contributed by atoms with van der Waals surface area (Å²) in [5.74, 6) is 0.733. The van der Waals surface area contributed by atoms with Gasteiger partial charge in [0, 0.05) is 66.3 Å². The van der Waals surface area contributed by atoms with Gasteiger partial charge in [-0.1, -0.05) is 34.4 Å². The smallest absolute Gasteiger partial charge is 0.340 e. The van der Waals surface area contributed by atoms with Crippen molar-refractivity contribution >= 4 is 45.8 Å². The lowest BCUT2D eigenvalue weighted by Gasteiger charge is -2.43. The van der Waals surface area contributed by atoms with E-state index in [4.69, 9.17) is 37.2 Å². The van der Waals surface area contributed by atoms with E-state index in [1.807, 2.05) is 23.7 Å². The van der Waals surface area contributed by atoms with Crippen molar-refractivity contribution < 1.29 is 23.2 Å². The molecule has 2 bridgehead atoms. The number of benzene rings is 2. The van der Waals surface area contributed by atoms with Crippen molar-refractivity contribution in [3.05, 3.63) is 69.5 Å². The fourth-order valence-electron chi connectivity index (χ4n) is 7.02. The third-order valence-corrected chi connectivity index (χ3v) is 9.70. The Kier molecular flexibility index (Phi) is 6.99. The highest BCUT2D eigenvalue weighted by molar-refractivity contribution is 6.39. The van der Waals surface area contributed by atoms with Crippen LogP contribution in [0.5, 0.6) is 0 Å². The normalized spacial score (nSPS) is 23.6. The largest absolute Gasteiger partial charge is 0.465 e. The minimum Gasteiger partial charge on any atom is -0.465 e. The highest BCUT2D eigenvalue weighted by Crippen LogP contribution is 2.48. The minimum atomic E-state index is -1.44. The molecule has 2 atom stereocenters. The van der Waals surface area contributed by atoms with E-state index >= 15 is 4.39 Å². The Labute approximate surface area is 253 Å². The lowest BCUT2D eigenvalue weighted by molar-refractivity contribution is -0.0164. The molecule has 3 aliphatic rings. The van der Waals surface area contributed by atoms with E-state index in [9.17, 15) is 4.79 Å². The predicted octanol–water partition coefficient (Wildman–Crippen LogP) is 7.86. The zero-order valence-electron chi connectivity index (χ0n) is 23.5. The molecule has 1 saturated carbocycles. The van der Waals surface area contributed by atoms with E-state index in [-0.39, 0.29) is 31.3 Å². The van der Waals surface area contributed by atoms with Gasteiger partial charge in [-0.2, -0.15) is 0 Å². The van der Waals surface area contributed by atoms with Gasteiger partial charge in [0.1, 0.15) is 17.1 Å². The van der Waals surface area contributed by atoms with Gasteiger partial charge in [0.25, 0.3) is 0 Å². The van der Waals surface area contributed by atoms with Gasteiger partial charge < -0.3 is 23.5 Å². The topological polar surface area (TPSA) is 69.7 Å². The Hall–Kier alpha value is -3.07. The van der Waals surface area contributed by atoms with Crippen molar-refractivity contribution in [2.75, 3.05) is 18.6 Å². The molecule has 2 aromatic carbocycles. The number of fused-ring (bicyclic) bond motifs is 3. The van der Waals surface area contributed by atoms with Crippen LogP contribution in [0.2, 0.25) is 10.0 Å². The van der Waals surface area contributed by atoms with Crippen LogP contribution in [0.25, 0.3) is 22.2 Å². The molecule has 3 fully saturated rings. The van der Waals surface area contributed by atoms with Gasteiger partial charge in [-0.15, -0.1) is 0 Å². The number of anilines is 1. The average molecular weight is 613 g/mol. The molecule has 42 heavy (non-hydrogen) atoms. The molecule has 7 nitrogen and oxygen atoms in total. The van der Waals surface area contributed by atoms with Crippen molar-refractivity contribution in [3.8, 4) is 11.3 Å². The number of aryl methyl sites for hydroxylation is 1. The number of aromatic nitrogens is 2. The molecule has 4 aromatic rings. The third-order valence-electron chi connectivity index (χ3n) is 9.07. The van der Waals surface area contributed by atoms with Crippen molar-refractivity contribution in [1.29, 1.82) is 0 Å². The van der Waals surface area contributed by atoms with Crippen LogP contribution < -0.4 is 4.90 Å². The second-order valence-corrected chi connectivity index (χ2v) is 12.8. The van der Waals surface area contributed by atoms with E-state index in [1.165, 1.54) is 7.11 Å². The lowest BCUT2D eigenvalue weighted by atomic mass is 9.88. The fourth-order valence-corrected chi connectivity index (χ4v) is 7.60. The number of halogens is 3. The highest BCUT2D eigenvalue weighted by Gasteiger charge is 2.49. The van der Waals surface area contributed by atoms with Gasteiger partial charge in [0.15, 0.2) is 0 Å². The number of esters is 1.